The zero-order chi connectivity index (χ0) is 13.8. The molecular weight excluding hydrogens is 238 g/mol. The summed E-state index contributed by atoms with van der Waals surface area (Å²) in [7, 11) is 0. The molecule has 0 bridgehead atoms. The van der Waals surface area contributed by atoms with Gasteiger partial charge in [0, 0.05) is 24.3 Å². The first-order chi connectivity index (χ1) is 9.06. The molecule has 1 amide bonds. The van der Waals surface area contributed by atoms with Crippen molar-refractivity contribution in [2.75, 3.05) is 0 Å². The lowest BCUT2D eigenvalue weighted by Gasteiger charge is -2.03. The van der Waals surface area contributed by atoms with Crippen LogP contribution in [0.3, 0.4) is 0 Å². The number of allylic oxidation sites excluding steroid dienone is 2. The van der Waals surface area contributed by atoms with Gasteiger partial charge in [-0.15, -0.1) is 0 Å². The van der Waals surface area contributed by atoms with Crippen molar-refractivity contribution in [1.82, 2.24) is 5.32 Å². The maximum Gasteiger partial charge on any atom is 0.220 e. The molecule has 1 N–H and O–H groups in total. The molecule has 3 nitrogen and oxygen atoms in total. The quantitative estimate of drug-likeness (QED) is 0.675. The summed E-state index contributed by atoms with van der Waals surface area (Å²) in [6.45, 7) is 3.11. The summed E-state index contributed by atoms with van der Waals surface area (Å²) in [6.07, 6.45) is 1.44. The molecule has 0 saturated heterocycles. The van der Waals surface area contributed by atoms with Crippen LogP contribution in [0.4, 0.5) is 0 Å². The van der Waals surface area contributed by atoms with E-state index in [0.29, 0.717) is 11.3 Å². The highest BCUT2D eigenvalue weighted by Crippen LogP contribution is 2.16. The molecule has 0 atom stereocenters. The minimum atomic E-state index is -0.180. The largest absolute Gasteiger partial charge is 0.330 e. The van der Waals surface area contributed by atoms with Gasteiger partial charge in [-0.25, -0.2) is 0 Å². The monoisotopic (exact) mass is 253 g/mol. The molecule has 2 aromatic rings. The number of nitrogens with one attached hydrogen (secondary N) is 1. The van der Waals surface area contributed by atoms with Crippen molar-refractivity contribution in [2.45, 2.75) is 13.8 Å². The van der Waals surface area contributed by atoms with Crippen LogP contribution in [-0.2, 0) is 4.79 Å². The molecule has 0 spiro atoms. The van der Waals surface area contributed by atoms with Crippen molar-refractivity contribution in [2.24, 2.45) is 0 Å². The van der Waals surface area contributed by atoms with Crippen molar-refractivity contribution in [3.05, 3.63) is 59.8 Å². The van der Waals surface area contributed by atoms with Gasteiger partial charge in [-0.2, -0.15) is 0 Å². The summed E-state index contributed by atoms with van der Waals surface area (Å²) >= 11 is 0. The maximum atomic E-state index is 12.1. The molecule has 3 heteroatoms. The molecule has 19 heavy (non-hydrogen) atoms. The lowest BCUT2D eigenvalue weighted by molar-refractivity contribution is -0.118. The summed E-state index contributed by atoms with van der Waals surface area (Å²) in [6, 6.07) is 13.4. The normalized spacial score (nSPS) is 11.4. The van der Waals surface area contributed by atoms with Crippen molar-refractivity contribution in [3.63, 3.8) is 0 Å². The minimum Gasteiger partial charge on any atom is -0.330 e. The highest BCUT2D eigenvalue weighted by molar-refractivity contribution is 6.07. The third-order valence-corrected chi connectivity index (χ3v) is 2.75. The number of hydrogen-bond donors (Lipinski definition) is 1. The van der Waals surface area contributed by atoms with Crippen LogP contribution < -0.4 is 5.32 Å². The van der Waals surface area contributed by atoms with Crippen molar-refractivity contribution in [3.8, 4) is 0 Å². The number of fused-ring (bicyclic) bond motifs is 1. The smallest absolute Gasteiger partial charge is 0.220 e. The number of benzene rings is 2. The van der Waals surface area contributed by atoms with Crippen LogP contribution >= 0.6 is 0 Å². The average molecular weight is 253 g/mol. The predicted octanol–water partition coefficient (Wildman–Crippen LogP) is 3.06. The lowest BCUT2D eigenvalue weighted by atomic mass is 10.0. The van der Waals surface area contributed by atoms with Crippen LogP contribution in [0.15, 0.2) is 54.2 Å². The van der Waals surface area contributed by atoms with Crippen molar-refractivity contribution < 1.29 is 9.59 Å². The van der Waals surface area contributed by atoms with E-state index in [9.17, 15) is 9.59 Å². The second-order valence-electron chi connectivity index (χ2n) is 4.43. The van der Waals surface area contributed by atoms with E-state index in [4.69, 9.17) is 0 Å². The van der Waals surface area contributed by atoms with Gasteiger partial charge in [-0.05, 0) is 23.8 Å². The Balaban J connectivity index is 2.29. The Kier molecular flexibility index (Phi) is 3.76. The zero-order valence-corrected chi connectivity index (χ0v) is 10.9. The topological polar surface area (TPSA) is 46.2 Å². The van der Waals surface area contributed by atoms with Gasteiger partial charge in [0.25, 0.3) is 0 Å². The van der Waals surface area contributed by atoms with Gasteiger partial charge in [-0.1, -0.05) is 36.4 Å². The van der Waals surface area contributed by atoms with Crippen molar-refractivity contribution in [1.29, 1.82) is 0 Å². The highest BCUT2D eigenvalue weighted by Gasteiger charge is 2.05. The summed E-state index contributed by atoms with van der Waals surface area (Å²) in [5.74, 6) is -0.294. The molecule has 0 fully saturated rings. The van der Waals surface area contributed by atoms with Gasteiger partial charge >= 0.3 is 0 Å². The van der Waals surface area contributed by atoms with Crippen molar-refractivity contribution >= 4 is 22.5 Å². The highest BCUT2D eigenvalue weighted by atomic mass is 16.1. The SMILES string of the molecule is CC(=O)N/C(C)=C\C(=O)c1ccc2ccccc2c1. The molecule has 2 aromatic carbocycles. The summed E-state index contributed by atoms with van der Waals surface area (Å²) in [5, 5.41) is 4.71. The molecule has 0 aliphatic heterocycles. The third kappa shape index (κ3) is 3.28. The van der Waals surface area contributed by atoms with Crippen LogP contribution in [0.25, 0.3) is 10.8 Å². The van der Waals surface area contributed by atoms with Gasteiger partial charge in [0.1, 0.15) is 0 Å². The Bertz CT molecular complexity index is 671. The van der Waals surface area contributed by atoms with Gasteiger partial charge in [0.15, 0.2) is 5.78 Å². The fourth-order valence-corrected chi connectivity index (χ4v) is 1.94. The standard InChI is InChI=1S/C16H15NO2/c1-11(17-12(2)18)9-16(19)15-8-7-13-5-3-4-6-14(13)10-15/h3-10H,1-2H3,(H,17,18)/b11-9-. The number of hydrogen-bond acceptors (Lipinski definition) is 2. The molecule has 0 aliphatic carbocycles. The minimum absolute atomic E-state index is 0.114. The number of amides is 1. The van der Waals surface area contributed by atoms with E-state index in [1.54, 1.807) is 13.0 Å². The Morgan fingerprint density at radius 1 is 1.00 bits per heavy atom. The number of carbonyl (C=O) groups is 2. The third-order valence-electron chi connectivity index (χ3n) is 2.75. The lowest BCUT2D eigenvalue weighted by Crippen LogP contribution is -2.18. The van der Waals surface area contributed by atoms with Crippen LogP contribution in [0, 0.1) is 0 Å². The molecule has 96 valence electrons. The molecule has 0 heterocycles. The van der Waals surface area contributed by atoms with Gasteiger partial charge in [0.2, 0.25) is 5.91 Å². The van der Waals surface area contributed by atoms with E-state index < -0.39 is 0 Å². The Labute approximate surface area is 111 Å². The first-order valence-electron chi connectivity index (χ1n) is 6.05. The van der Waals surface area contributed by atoms with E-state index in [-0.39, 0.29) is 11.7 Å². The first kappa shape index (κ1) is 13.0. The maximum absolute atomic E-state index is 12.1. The molecule has 0 unspecified atom stereocenters. The Hall–Kier alpha value is -2.42. The van der Waals surface area contributed by atoms with E-state index in [1.807, 2.05) is 36.4 Å². The van der Waals surface area contributed by atoms with Gasteiger partial charge in [0.05, 0.1) is 0 Å². The molecule has 0 aliphatic rings. The second-order valence-corrected chi connectivity index (χ2v) is 4.43. The van der Waals surface area contributed by atoms with Gasteiger partial charge in [-0.3, -0.25) is 9.59 Å². The van der Waals surface area contributed by atoms with Crippen LogP contribution in [0.5, 0.6) is 0 Å². The fourth-order valence-electron chi connectivity index (χ4n) is 1.94. The summed E-state index contributed by atoms with van der Waals surface area (Å²) in [4.78, 5) is 22.9. The molecule has 0 radical (unpaired) electrons. The zero-order valence-electron chi connectivity index (χ0n) is 10.9. The molecular formula is C16H15NO2. The molecule has 0 aromatic heterocycles. The van der Waals surface area contributed by atoms with Gasteiger partial charge < -0.3 is 5.32 Å². The molecule has 0 saturated carbocycles. The van der Waals surface area contributed by atoms with Crippen LogP contribution in [0.1, 0.15) is 24.2 Å². The fraction of sp³-hybridized carbons (Fsp3) is 0.125. The van der Waals surface area contributed by atoms with E-state index in [2.05, 4.69) is 5.32 Å². The summed E-state index contributed by atoms with van der Waals surface area (Å²) < 4.78 is 0. The van der Waals surface area contributed by atoms with E-state index in [0.717, 1.165) is 10.8 Å². The Morgan fingerprint density at radius 3 is 2.37 bits per heavy atom. The first-order valence-corrected chi connectivity index (χ1v) is 6.05. The van der Waals surface area contributed by atoms with Crippen LogP contribution in [0.2, 0.25) is 0 Å². The van der Waals surface area contributed by atoms with Crippen LogP contribution in [-0.4, -0.2) is 11.7 Å². The number of carbonyl (C=O) groups excluding carboxylic acids is 2. The summed E-state index contributed by atoms with van der Waals surface area (Å²) in [5.41, 5.74) is 1.16. The number of ketones is 1. The second kappa shape index (κ2) is 5.48. The van der Waals surface area contributed by atoms with E-state index in [1.165, 1.54) is 13.0 Å². The van der Waals surface area contributed by atoms with E-state index >= 15 is 0 Å². The average Bonchev–Trinajstić information content (AvgIpc) is 2.37. The number of rotatable bonds is 3. The Morgan fingerprint density at radius 2 is 1.68 bits per heavy atom. The molecule has 2 rings (SSSR count). The predicted molar refractivity (Wildman–Crippen MR) is 75.9 cm³/mol.